The van der Waals surface area contributed by atoms with Crippen molar-refractivity contribution in [1.29, 1.82) is 0 Å². The Kier molecular flexibility index (Phi) is 5.16. The third-order valence-corrected chi connectivity index (χ3v) is 4.58. The van der Waals surface area contributed by atoms with Crippen LogP contribution in [0.25, 0.3) is 6.08 Å². The summed E-state index contributed by atoms with van der Waals surface area (Å²) in [6.45, 7) is 0. The van der Waals surface area contributed by atoms with E-state index in [1.807, 2.05) is 30.3 Å². The number of hydrogen-bond donors (Lipinski definition) is 0. The number of ketones is 1. The summed E-state index contributed by atoms with van der Waals surface area (Å²) in [5.74, 6) is 2.58. The number of rotatable bonds is 5. The van der Waals surface area contributed by atoms with E-state index in [0.717, 1.165) is 23.1 Å². The number of fused-ring (bicyclic) bond motifs is 1. The van der Waals surface area contributed by atoms with E-state index in [0.29, 0.717) is 35.0 Å². The molecule has 0 heterocycles. The van der Waals surface area contributed by atoms with Gasteiger partial charge in [0.1, 0.15) is 11.5 Å². The molecule has 1 aliphatic rings. The highest BCUT2D eigenvalue weighted by Gasteiger charge is 2.24. The maximum atomic E-state index is 13.0. The minimum absolute atomic E-state index is 0.00470. The Morgan fingerprint density at radius 1 is 0.808 bits per heavy atom. The number of methoxy groups -OCH3 is 4. The smallest absolute Gasteiger partial charge is 0.189 e. The second-order valence-electron chi connectivity index (χ2n) is 5.97. The molecule has 136 valence electrons. The van der Waals surface area contributed by atoms with Crippen LogP contribution < -0.4 is 18.9 Å². The molecule has 5 heteroatoms. The van der Waals surface area contributed by atoms with Gasteiger partial charge in [-0.2, -0.15) is 0 Å². The van der Waals surface area contributed by atoms with Crippen LogP contribution in [0.5, 0.6) is 23.0 Å². The molecule has 0 aromatic heterocycles. The summed E-state index contributed by atoms with van der Waals surface area (Å²) in [5.41, 5.74) is 3.23. The molecule has 0 unspecified atom stereocenters. The number of Topliss-reactive ketones (excluding diaryl/α,β-unsaturated/α-hetero) is 1. The van der Waals surface area contributed by atoms with Crippen molar-refractivity contribution in [1.82, 2.24) is 0 Å². The van der Waals surface area contributed by atoms with E-state index in [1.54, 1.807) is 34.5 Å². The van der Waals surface area contributed by atoms with Crippen molar-refractivity contribution < 1.29 is 23.7 Å². The largest absolute Gasteiger partial charge is 0.497 e. The van der Waals surface area contributed by atoms with Gasteiger partial charge in [0, 0.05) is 22.8 Å². The predicted octanol–water partition coefficient (Wildman–Crippen LogP) is 3.93. The summed E-state index contributed by atoms with van der Waals surface area (Å²) < 4.78 is 21.3. The van der Waals surface area contributed by atoms with Gasteiger partial charge in [0.25, 0.3) is 0 Å². The first kappa shape index (κ1) is 17.9. The summed E-state index contributed by atoms with van der Waals surface area (Å²) in [4.78, 5) is 13.0. The Hall–Kier alpha value is -2.95. The zero-order valence-corrected chi connectivity index (χ0v) is 15.4. The lowest BCUT2D eigenvalue weighted by Crippen LogP contribution is -2.14. The van der Waals surface area contributed by atoms with Crippen LogP contribution in [0.15, 0.2) is 35.9 Å². The minimum Gasteiger partial charge on any atom is -0.497 e. The molecule has 26 heavy (non-hydrogen) atoms. The Morgan fingerprint density at radius 3 is 2.15 bits per heavy atom. The molecule has 0 amide bonds. The topological polar surface area (TPSA) is 54.0 Å². The number of benzene rings is 2. The van der Waals surface area contributed by atoms with Gasteiger partial charge in [-0.1, -0.05) is 0 Å². The Labute approximate surface area is 153 Å². The molecule has 1 aliphatic carbocycles. The first-order chi connectivity index (χ1) is 12.6. The van der Waals surface area contributed by atoms with Crippen molar-refractivity contribution >= 4 is 11.9 Å². The molecule has 2 aromatic carbocycles. The maximum Gasteiger partial charge on any atom is 0.189 e. The lowest BCUT2D eigenvalue weighted by atomic mass is 9.85. The highest BCUT2D eigenvalue weighted by molar-refractivity contribution is 6.13. The van der Waals surface area contributed by atoms with Gasteiger partial charge < -0.3 is 18.9 Å². The summed E-state index contributed by atoms with van der Waals surface area (Å²) in [6.07, 6.45) is 3.32. The minimum atomic E-state index is 0.00470. The van der Waals surface area contributed by atoms with Crippen LogP contribution in [-0.2, 0) is 6.42 Å². The molecule has 0 aliphatic heterocycles. The van der Waals surface area contributed by atoms with E-state index < -0.39 is 0 Å². The van der Waals surface area contributed by atoms with Crippen molar-refractivity contribution in [3.05, 3.63) is 52.6 Å². The van der Waals surface area contributed by atoms with E-state index in [1.165, 1.54) is 0 Å². The molecule has 0 saturated heterocycles. The van der Waals surface area contributed by atoms with E-state index in [9.17, 15) is 4.79 Å². The molecule has 0 radical (unpaired) electrons. The molecule has 0 bridgehead atoms. The molecule has 0 spiro atoms. The fourth-order valence-electron chi connectivity index (χ4n) is 3.16. The molecule has 0 fully saturated rings. The number of hydrogen-bond acceptors (Lipinski definition) is 5. The highest BCUT2D eigenvalue weighted by atomic mass is 16.5. The van der Waals surface area contributed by atoms with Gasteiger partial charge in [-0.3, -0.25) is 4.79 Å². The predicted molar refractivity (Wildman–Crippen MR) is 99.7 cm³/mol. The normalized spacial score (nSPS) is 14.8. The second-order valence-corrected chi connectivity index (χ2v) is 5.97. The van der Waals surface area contributed by atoms with Gasteiger partial charge in [0.15, 0.2) is 17.3 Å². The van der Waals surface area contributed by atoms with E-state index in [4.69, 9.17) is 18.9 Å². The molecule has 0 N–H and O–H groups in total. The Balaban J connectivity index is 2.00. The monoisotopic (exact) mass is 354 g/mol. The van der Waals surface area contributed by atoms with Crippen LogP contribution in [0.2, 0.25) is 0 Å². The average molecular weight is 354 g/mol. The number of carbonyl (C=O) groups excluding carboxylic acids is 1. The van der Waals surface area contributed by atoms with Gasteiger partial charge in [0.05, 0.1) is 28.4 Å². The number of allylic oxidation sites excluding steroid dienone is 1. The quantitative estimate of drug-likeness (QED) is 0.762. The summed E-state index contributed by atoms with van der Waals surface area (Å²) >= 11 is 0. The van der Waals surface area contributed by atoms with Gasteiger partial charge in [-0.25, -0.2) is 0 Å². The molecule has 0 atom stereocenters. The van der Waals surface area contributed by atoms with E-state index >= 15 is 0 Å². The fourth-order valence-corrected chi connectivity index (χ4v) is 3.16. The first-order valence-corrected chi connectivity index (χ1v) is 8.33. The molecule has 5 nitrogen and oxygen atoms in total. The lowest BCUT2D eigenvalue weighted by Gasteiger charge is -2.20. The van der Waals surface area contributed by atoms with E-state index in [-0.39, 0.29) is 5.78 Å². The lowest BCUT2D eigenvalue weighted by molar-refractivity contribution is 0.102. The van der Waals surface area contributed by atoms with Crippen LogP contribution in [0.4, 0.5) is 0 Å². The third kappa shape index (κ3) is 3.25. The van der Waals surface area contributed by atoms with Crippen molar-refractivity contribution in [3.63, 3.8) is 0 Å². The van der Waals surface area contributed by atoms with Gasteiger partial charge in [-0.05, 0) is 48.7 Å². The van der Waals surface area contributed by atoms with Crippen LogP contribution in [0, 0.1) is 0 Å². The average Bonchev–Trinajstić information content (AvgIpc) is 2.69. The van der Waals surface area contributed by atoms with Crippen LogP contribution >= 0.6 is 0 Å². The molecular formula is C21H22O5. The second kappa shape index (κ2) is 7.52. The number of ether oxygens (including phenoxy) is 4. The van der Waals surface area contributed by atoms with Crippen LogP contribution in [0.3, 0.4) is 0 Å². The maximum absolute atomic E-state index is 13.0. The number of carbonyl (C=O) groups is 1. The number of aryl methyl sites for hydroxylation is 1. The zero-order chi connectivity index (χ0) is 18.7. The van der Waals surface area contributed by atoms with Crippen molar-refractivity contribution in [2.45, 2.75) is 12.8 Å². The third-order valence-electron chi connectivity index (χ3n) is 4.58. The van der Waals surface area contributed by atoms with Gasteiger partial charge in [0.2, 0.25) is 0 Å². The fraction of sp³-hybridized carbons (Fsp3) is 0.286. The Morgan fingerprint density at radius 2 is 1.50 bits per heavy atom. The van der Waals surface area contributed by atoms with Gasteiger partial charge >= 0.3 is 0 Å². The highest BCUT2D eigenvalue weighted by Crippen LogP contribution is 2.36. The molecular weight excluding hydrogens is 332 g/mol. The standard InChI is InChI=1S/C21H22O5/c1-23-16-8-7-14(18(11-16)24-2)9-15-6-5-13-10-19(25-3)20(26-4)12-17(13)21(15)22/h7-12H,5-6H2,1-4H3/b15-9+. The summed E-state index contributed by atoms with van der Waals surface area (Å²) in [5, 5.41) is 0. The molecule has 0 saturated carbocycles. The Bertz CT molecular complexity index is 867. The van der Waals surface area contributed by atoms with Crippen molar-refractivity contribution in [3.8, 4) is 23.0 Å². The summed E-state index contributed by atoms with van der Waals surface area (Å²) in [6, 6.07) is 9.19. The van der Waals surface area contributed by atoms with Crippen molar-refractivity contribution in [2.75, 3.05) is 28.4 Å². The van der Waals surface area contributed by atoms with E-state index in [2.05, 4.69) is 0 Å². The summed E-state index contributed by atoms with van der Waals surface area (Å²) in [7, 11) is 6.37. The first-order valence-electron chi connectivity index (χ1n) is 8.33. The molecule has 3 rings (SSSR count). The van der Waals surface area contributed by atoms with Crippen LogP contribution in [0.1, 0.15) is 27.9 Å². The van der Waals surface area contributed by atoms with Crippen molar-refractivity contribution in [2.24, 2.45) is 0 Å². The zero-order valence-electron chi connectivity index (χ0n) is 15.4. The van der Waals surface area contributed by atoms with Gasteiger partial charge in [-0.15, -0.1) is 0 Å². The van der Waals surface area contributed by atoms with Crippen LogP contribution in [-0.4, -0.2) is 34.2 Å². The SMILES string of the molecule is COc1ccc(/C=C2\CCc3cc(OC)c(OC)cc3C2=O)c(OC)c1. The molecule has 2 aromatic rings.